The number of urea groups is 1. The lowest BCUT2D eigenvalue weighted by Gasteiger charge is -2.26. The summed E-state index contributed by atoms with van der Waals surface area (Å²) < 4.78 is 5.68. The van der Waals surface area contributed by atoms with E-state index in [0.717, 1.165) is 12.1 Å². The molecule has 11 nitrogen and oxygen atoms in total. The number of benzene rings is 3. The number of nitrogens with zero attached hydrogens (tertiary/aromatic N) is 2. The van der Waals surface area contributed by atoms with Gasteiger partial charge in [0.05, 0.1) is 26.2 Å². The van der Waals surface area contributed by atoms with E-state index in [1.165, 1.54) is 42.5 Å². The number of imide groups is 2. The number of carboxylic acids is 1. The zero-order chi connectivity index (χ0) is 27.6. The fraction of sp³-hybridized carbons (Fsp3) is 0.0400. The molecule has 4 amide bonds. The number of barbiturate groups is 1. The molecule has 3 aromatic carbocycles. The number of amides is 4. The number of anilines is 1. The monoisotopic (exact) mass is 555 g/mol. The van der Waals surface area contributed by atoms with Gasteiger partial charge >= 0.3 is 12.0 Å². The normalized spacial score (nSPS) is 14.4. The average molecular weight is 556 g/mol. The standard InChI is InChI=1S/C25H15Cl2N3O8/c26-19-10-14(11-20(27)21(19)38-12-13-1-3-15(4-2-13)24(33)34)9-18-22(31)28-25(35)29(23(18)32)16-5-7-17(8-6-16)30(36)37/h1-11H,12H2,(H,33,34)(H,28,31,35)/b18-9+. The van der Waals surface area contributed by atoms with Crippen molar-refractivity contribution >= 4 is 64.5 Å². The number of nitrogens with one attached hydrogen (secondary N) is 1. The molecular formula is C25H15Cl2N3O8. The van der Waals surface area contributed by atoms with E-state index in [0.29, 0.717) is 10.5 Å². The Balaban J connectivity index is 1.57. The third-order valence-corrected chi connectivity index (χ3v) is 5.90. The van der Waals surface area contributed by atoms with Crippen LogP contribution in [0.1, 0.15) is 21.5 Å². The molecule has 38 heavy (non-hydrogen) atoms. The Kier molecular flexibility index (Phi) is 7.42. The van der Waals surface area contributed by atoms with E-state index in [2.05, 4.69) is 5.32 Å². The maximum absolute atomic E-state index is 13.0. The predicted octanol–water partition coefficient (Wildman–Crippen LogP) is 4.85. The van der Waals surface area contributed by atoms with Crippen molar-refractivity contribution in [3.8, 4) is 5.75 Å². The topological polar surface area (TPSA) is 156 Å². The molecule has 192 valence electrons. The molecule has 0 unspecified atom stereocenters. The number of aromatic carboxylic acids is 1. The van der Waals surface area contributed by atoms with Crippen molar-refractivity contribution in [1.82, 2.24) is 5.32 Å². The number of nitro groups is 1. The largest absolute Gasteiger partial charge is 0.486 e. The highest BCUT2D eigenvalue weighted by molar-refractivity contribution is 6.40. The van der Waals surface area contributed by atoms with Gasteiger partial charge in [0.2, 0.25) is 0 Å². The van der Waals surface area contributed by atoms with E-state index >= 15 is 0 Å². The molecule has 2 N–H and O–H groups in total. The first-order valence-electron chi connectivity index (χ1n) is 10.6. The Morgan fingerprint density at radius 3 is 2.18 bits per heavy atom. The van der Waals surface area contributed by atoms with Gasteiger partial charge in [0.15, 0.2) is 5.75 Å². The predicted molar refractivity (Wildman–Crippen MR) is 136 cm³/mol. The summed E-state index contributed by atoms with van der Waals surface area (Å²) in [4.78, 5) is 59.7. The number of hydrogen-bond donors (Lipinski definition) is 2. The van der Waals surface area contributed by atoms with Crippen LogP contribution in [-0.2, 0) is 16.2 Å². The van der Waals surface area contributed by atoms with Gasteiger partial charge in [-0.3, -0.25) is 25.0 Å². The third-order valence-electron chi connectivity index (χ3n) is 5.34. The third kappa shape index (κ3) is 5.48. The van der Waals surface area contributed by atoms with Crippen molar-refractivity contribution in [1.29, 1.82) is 0 Å². The van der Waals surface area contributed by atoms with Crippen LogP contribution in [-0.4, -0.2) is 33.8 Å². The zero-order valence-electron chi connectivity index (χ0n) is 19.0. The van der Waals surface area contributed by atoms with Gasteiger partial charge < -0.3 is 9.84 Å². The van der Waals surface area contributed by atoms with Crippen molar-refractivity contribution in [2.45, 2.75) is 6.61 Å². The molecule has 1 fully saturated rings. The molecule has 0 aliphatic carbocycles. The molecule has 0 spiro atoms. The van der Waals surface area contributed by atoms with Crippen LogP contribution in [0.4, 0.5) is 16.2 Å². The number of halogens is 2. The Bertz CT molecular complexity index is 1500. The minimum Gasteiger partial charge on any atom is -0.486 e. The summed E-state index contributed by atoms with van der Waals surface area (Å²) >= 11 is 12.6. The number of carboxylic acid groups (broad SMARTS) is 1. The van der Waals surface area contributed by atoms with Gasteiger partial charge in [-0.1, -0.05) is 35.3 Å². The average Bonchev–Trinajstić information content (AvgIpc) is 2.86. The molecule has 1 aliphatic rings. The van der Waals surface area contributed by atoms with Crippen molar-refractivity contribution < 1.29 is 33.9 Å². The summed E-state index contributed by atoms with van der Waals surface area (Å²) in [5.41, 5.74) is 0.421. The summed E-state index contributed by atoms with van der Waals surface area (Å²) in [7, 11) is 0. The molecule has 13 heteroatoms. The van der Waals surface area contributed by atoms with Gasteiger partial charge in [-0.25, -0.2) is 14.5 Å². The first-order valence-corrected chi connectivity index (χ1v) is 11.4. The lowest BCUT2D eigenvalue weighted by molar-refractivity contribution is -0.384. The maximum Gasteiger partial charge on any atom is 0.335 e. The number of carbonyl (C=O) groups is 4. The molecular weight excluding hydrogens is 541 g/mol. The van der Waals surface area contributed by atoms with Crippen LogP contribution in [0.5, 0.6) is 5.75 Å². The molecule has 1 saturated heterocycles. The molecule has 0 aromatic heterocycles. The van der Waals surface area contributed by atoms with Crippen LogP contribution in [0.3, 0.4) is 0 Å². The molecule has 1 heterocycles. The van der Waals surface area contributed by atoms with Crippen LogP contribution >= 0.6 is 23.2 Å². The molecule has 0 bridgehead atoms. The molecule has 3 aromatic rings. The Morgan fingerprint density at radius 1 is 1.03 bits per heavy atom. The minimum atomic E-state index is -1.06. The minimum absolute atomic E-state index is 0.0210. The van der Waals surface area contributed by atoms with E-state index in [1.807, 2.05) is 0 Å². The SMILES string of the molecule is O=C1NC(=O)N(c2ccc([N+](=O)[O-])cc2)C(=O)/C1=C/c1cc(Cl)c(OCc2ccc(C(=O)O)cc2)c(Cl)c1. The van der Waals surface area contributed by atoms with Gasteiger partial charge in [0, 0.05) is 12.1 Å². The van der Waals surface area contributed by atoms with Crippen molar-refractivity contribution in [2.75, 3.05) is 4.90 Å². The van der Waals surface area contributed by atoms with Gasteiger partial charge in [-0.15, -0.1) is 0 Å². The maximum atomic E-state index is 13.0. The van der Waals surface area contributed by atoms with Crippen molar-refractivity contribution in [3.05, 3.63) is 103 Å². The van der Waals surface area contributed by atoms with Gasteiger partial charge in [-0.2, -0.15) is 0 Å². The fourth-order valence-corrected chi connectivity index (χ4v) is 4.09. The molecule has 0 radical (unpaired) electrons. The van der Waals surface area contributed by atoms with E-state index in [4.69, 9.17) is 33.0 Å². The first kappa shape index (κ1) is 26.3. The van der Waals surface area contributed by atoms with E-state index in [1.54, 1.807) is 12.1 Å². The second-order valence-electron chi connectivity index (χ2n) is 7.84. The summed E-state index contributed by atoms with van der Waals surface area (Å²) in [5.74, 6) is -2.83. The Hall–Kier alpha value is -4.74. The van der Waals surface area contributed by atoms with Gasteiger partial charge in [-0.05, 0) is 53.6 Å². The fourth-order valence-electron chi connectivity index (χ4n) is 3.48. The smallest absolute Gasteiger partial charge is 0.335 e. The van der Waals surface area contributed by atoms with Gasteiger partial charge in [0.1, 0.15) is 12.2 Å². The summed E-state index contributed by atoms with van der Waals surface area (Å²) in [5, 5.41) is 22.1. The second kappa shape index (κ2) is 10.7. The first-order chi connectivity index (χ1) is 18.0. The number of nitro benzene ring substituents is 1. The number of rotatable bonds is 7. The van der Waals surface area contributed by atoms with Crippen LogP contribution in [0, 0.1) is 10.1 Å². The number of hydrogen-bond acceptors (Lipinski definition) is 7. The van der Waals surface area contributed by atoms with Crippen molar-refractivity contribution in [3.63, 3.8) is 0 Å². The molecule has 1 aliphatic heterocycles. The Labute approximate surface area is 224 Å². The molecule has 4 rings (SSSR count). The van der Waals surface area contributed by atoms with Crippen LogP contribution < -0.4 is 15.0 Å². The summed E-state index contributed by atoms with van der Waals surface area (Å²) in [6.45, 7) is 0.0347. The zero-order valence-corrected chi connectivity index (χ0v) is 20.5. The molecule has 0 saturated carbocycles. The number of ether oxygens (including phenoxy) is 1. The van der Waals surface area contributed by atoms with Crippen LogP contribution in [0.25, 0.3) is 6.08 Å². The van der Waals surface area contributed by atoms with E-state index in [-0.39, 0.29) is 44.9 Å². The van der Waals surface area contributed by atoms with E-state index in [9.17, 15) is 29.3 Å². The number of carbonyl (C=O) groups excluding carboxylic acids is 3. The lowest BCUT2D eigenvalue weighted by atomic mass is 10.1. The van der Waals surface area contributed by atoms with Crippen LogP contribution in [0.2, 0.25) is 10.0 Å². The highest BCUT2D eigenvalue weighted by atomic mass is 35.5. The highest BCUT2D eigenvalue weighted by Crippen LogP contribution is 2.36. The lowest BCUT2D eigenvalue weighted by Crippen LogP contribution is -2.54. The molecule has 0 atom stereocenters. The summed E-state index contributed by atoms with van der Waals surface area (Å²) in [6.07, 6.45) is 1.19. The highest BCUT2D eigenvalue weighted by Gasteiger charge is 2.37. The Morgan fingerprint density at radius 2 is 1.63 bits per heavy atom. The van der Waals surface area contributed by atoms with Gasteiger partial charge in [0.25, 0.3) is 17.5 Å². The van der Waals surface area contributed by atoms with E-state index < -0.39 is 34.3 Å². The number of non-ortho nitro benzene ring substituents is 1. The second-order valence-corrected chi connectivity index (χ2v) is 8.65. The summed E-state index contributed by atoms with van der Waals surface area (Å²) in [6, 6.07) is 12.5. The van der Waals surface area contributed by atoms with Crippen LogP contribution in [0.15, 0.2) is 66.2 Å². The van der Waals surface area contributed by atoms with Crippen molar-refractivity contribution in [2.24, 2.45) is 0 Å². The quantitative estimate of drug-likeness (QED) is 0.181.